The number of ether oxygens (including phenoxy) is 1. The summed E-state index contributed by atoms with van der Waals surface area (Å²) in [6, 6.07) is 11.7. The predicted molar refractivity (Wildman–Crippen MR) is 109 cm³/mol. The van der Waals surface area contributed by atoms with Crippen molar-refractivity contribution in [3.8, 4) is 17.2 Å². The van der Waals surface area contributed by atoms with Crippen molar-refractivity contribution in [2.45, 2.75) is 24.8 Å². The first kappa shape index (κ1) is 18.2. The van der Waals surface area contributed by atoms with Gasteiger partial charge in [0, 0.05) is 23.6 Å². The number of hydrogen-bond donors (Lipinski definition) is 3. The Balaban J connectivity index is 1.62. The van der Waals surface area contributed by atoms with Gasteiger partial charge in [0.25, 0.3) is 0 Å². The van der Waals surface area contributed by atoms with Gasteiger partial charge in [0.05, 0.1) is 7.11 Å². The second kappa shape index (κ2) is 6.91. The van der Waals surface area contributed by atoms with Crippen molar-refractivity contribution < 1.29 is 19.7 Å². The molecule has 0 bridgehead atoms. The minimum absolute atomic E-state index is 0.0183. The number of methoxy groups -OCH3 is 1. The summed E-state index contributed by atoms with van der Waals surface area (Å²) in [7, 11) is 1.48. The highest BCUT2D eigenvalue weighted by Crippen LogP contribution is 2.46. The molecule has 3 aromatic rings. The number of aromatic nitrogens is 3. The Kier molecular flexibility index (Phi) is 4.20. The van der Waals surface area contributed by atoms with Crippen molar-refractivity contribution in [1.29, 1.82) is 0 Å². The van der Waals surface area contributed by atoms with Crippen LogP contribution in [0.15, 0.2) is 60.1 Å². The number of phenolic OH excluding ortho intramolecular Hbond substituents is 2. The molecule has 0 unspecified atom stereocenters. The Bertz CT molecular complexity index is 1180. The lowest BCUT2D eigenvalue weighted by Gasteiger charge is -2.35. The van der Waals surface area contributed by atoms with Gasteiger partial charge < -0.3 is 20.3 Å². The summed E-state index contributed by atoms with van der Waals surface area (Å²) in [5.41, 5.74) is 2.92. The third kappa shape index (κ3) is 2.80. The number of anilines is 1. The summed E-state index contributed by atoms with van der Waals surface area (Å²) < 4.78 is 6.93. The molecule has 2 atom stereocenters. The van der Waals surface area contributed by atoms with E-state index in [-0.39, 0.29) is 29.6 Å². The third-order valence-electron chi connectivity index (χ3n) is 5.76. The molecule has 30 heavy (non-hydrogen) atoms. The number of fused-ring (bicyclic) bond motifs is 1. The number of phenols is 2. The highest BCUT2D eigenvalue weighted by Gasteiger charge is 2.39. The minimum Gasteiger partial charge on any atom is -0.508 e. The highest BCUT2D eigenvalue weighted by molar-refractivity contribution is 6.00. The molecule has 0 fully saturated rings. The number of rotatable bonds is 3. The van der Waals surface area contributed by atoms with E-state index in [0.29, 0.717) is 23.7 Å². The average Bonchev–Trinajstić information content (AvgIpc) is 3.21. The summed E-state index contributed by atoms with van der Waals surface area (Å²) >= 11 is 0. The van der Waals surface area contributed by atoms with Crippen LogP contribution in [0, 0.1) is 0 Å². The minimum atomic E-state index is -0.480. The van der Waals surface area contributed by atoms with Gasteiger partial charge in [-0.2, -0.15) is 10.1 Å². The topological polar surface area (TPSA) is 110 Å². The van der Waals surface area contributed by atoms with Crippen LogP contribution in [0.3, 0.4) is 0 Å². The van der Waals surface area contributed by atoms with Gasteiger partial charge in [0.15, 0.2) is 17.3 Å². The van der Waals surface area contributed by atoms with E-state index in [2.05, 4.69) is 15.4 Å². The van der Waals surface area contributed by atoms with Crippen LogP contribution >= 0.6 is 0 Å². The molecular weight excluding hydrogens is 384 g/mol. The van der Waals surface area contributed by atoms with Crippen LogP contribution in [0.5, 0.6) is 17.2 Å². The van der Waals surface area contributed by atoms with E-state index in [1.165, 1.54) is 13.4 Å². The van der Waals surface area contributed by atoms with Gasteiger partial charge in [-0.1, -0.05) is 24.3 Å². The number of Topliss-reactive ketones (excluding diaryl/α,β-unsaturated/α-hetero) is 1. The Hall–Kier alpha value is -3.81. The molecule has 0 spiro atoms. The summed E-state index contributed by atoms with van der Waals surface area (Å²) in [5, 5.41) is 27.8. The monoisotopic (exact) mass is 404 g/mol. The lowest BCUT2D eigenvalue weighted by atomic mass is 9.77. The van der Waals surface area contributed by atoms with Crippen LogP contribution in [-0.2, 0) is 4.79 Å². The van der Waals surface area contributed by atoms with Crippen molar-refractivity contribution in [2.24, 2.45) is 0 Å². The van der Waals surface area contributed by atoms with Crippen LogP contribution < -0.4 is 10.1 Å². The van der Waals surface area contributed by atoms with Crippen molar-refractivity contribution in [2.75, 3.05) is 12.4 Å². The fraction of sp³-hybridized carbons (Fsp3) is 0.227. The Labute approximate surface area is 172 Å². The summed E-state index contributed by atoms with van der Waals surface area (Å²) in [6.07, 6.45) is 2.29. The van der Waals surface area contributed by atoms with Gasteiger partial charge in [-0.3, -0.25) is 4.79 Å². The number of nitrogens with zero attached hydrogens (tertiary/aromatic N) is 3. The quantitative estimate of drug-likeness (QED) is 0.615. The lowest BCUT2D eigenvalue weighted by molar-refractivity contribution is -0.116. The maximum absolute atomic E-state index is 13.3. The predicted octanol–water partition coefficient (Wildman–Crippen LogP) is 3.11. The van der Waals surface area contributed by atoms with E-state index in [4.69, 9.17) is 4.74 Å². The molecule has 3 N–H and O–H groups in total. The van der Waals surface area contributed by atoms with Crippen molar-refractivity contribution in [3.63, 3.8) is 0 Å². The van der Waals surface area contributed by atoms with E-state index in [9.17, 15) is 15.0 Å². The molecule has 8 heteroatoms. The lowest BCUT2D eigenvalue weighted by Crippen LogP contribution is -2.33. The van der Waals surface area contributed by atoms with E-state index in [1.54, 1.807) is 35.0 Å². The van der Waals surface area contributed by atoms with Gasteiger partial charge in [0.2, 0.25) is 5.95 Å². The number of carbonyl (C=O) groups is 1. The molecule has 1 aromatic heterocycles. The maximum atomic E-state index is 13.3. The largest absolute Gasteiger partial charge is 0.508 e. The second-order valence-electron chi connectivity index (χ2n) is 7.47. The van der Waals surface area contributed by atoms with Crippen molar-refractivity contribution in [1.82, 2.24) is 14.8 Å². The van der Waals surface area contributed by atoms with E-state index in [0.717, 1.165) is 16.8 Å². The summed E-state index contributed by atoms with van der Waals surface area (Å²) in [5.74, 6) is 0.933. The van der Waals surface area contributed by atoms with Crippen LogP contribution in [-0.4, -0.2) is 37.9 Å². The molecule has 152 valence electrons. The van der Waals surface area contributed by atoms with Crippen LogP contribution in [0.1, 0.15) is 35.9 Å². The zero-order valence-corrected chi connectivity index (χ0v) is 16.2. The molecule has 5 rings (SSSR count). The number of benzene rings is 2. The SMILES string of the molecule is COc1cc([C@H]2C3=C(C[C@H](c4ccccc4O)CC3=O)Nc3ncnn32)ccc1O. The van der Waals surface area contributed by atoms with Crippen molar-refractivity contribution >= 4 is 11.7 Å². The zero-order valence-electron chi connectivity index (χ0n) is 16.2. The molecule has 0 saturated heterocycles. The molecule has 8 nitrogen and oxygen atoms in total. The Morgan fingerprint density at radius 2 is 1.97 bits per heavy atom. The molecule has 2 heterocycles. The number of allylic oxidation sites excluding steroid dienone is 2. The van der Waals surface area contributed by atoms with Crippen LogP contribution in [0.2, 0.25) is 0 Å². The first-order valence-corrected chi connectivity index (χ1v) is 9.64. The van der Waals surface area contributed by atoms with Gasteiger partial charge in [0.1, 0.15) is 18.1 Å². The molecule has 0 amide bonds. The average molecular weight is 404 g/mol. The van der Waals surface area contributed by atoms with Gasteiger partial charge >= 0.3 is 0 Å². The first-order valence-electron chi connectivity index (χ1n) is 9.64. The molecule has 0 radical (unpaired) electrons. The van der Waals surface area contributed by atoms with Gasteiger partial charge in [-0.25, -0.2) is 4.68 Å². The molecule has 2 aromatic carbocycles. The Morgan fingerprint density at radius 3 is 2.77 bits per heavy atom. The van der Waals surface area contributed by atoms with E-state index < -0.39 is 6.04 Å². The van der Waals surface area contributed by atoms with Crippen LogP contribution in [0.25, 0.3) is 0 Å². The van der Waals surface area contributed by atoms with Crippen molar-refractivity contribution in [3.05, 3.63) is 71.2 Å². The van der Waals surface area contributed by atoms with E-state index in [1.807, 2.05) is 12.1 Å². The maximum Gasteiger partial charge on any atom is 0.226 e. The highest BCUT2D eigenvalue weighted by atomic mass is 16.5. The Morgan fingerprint density at radius 1 is 1.13 bits per heavy atom. The number of hydrogen-bond acceptors (Lipinski definition) is 7. The number of ketones is 1. The zero-order chi connectivity index (χ0) is 20.8. The number of nitrogens with one attached hydrogen (secondary N) is 1. The summed E-state index contributed by atoms with van der Waals surface area (Å²) in [4.78, 5) is 17.6. The first-order chi connectivity index (χ1) is 14.6. The smallest absolute Gasteiger partial charge is 0.226 e. The molecular formula is C22H20N4O4. The number of aromatic hydroxyl groups is 2. The molecule has 0 saturated carbocycles. The van der Waals surface area contributed by atoms with Gasteiger partial charge in [-0.05, 0) is 35.7 Å². The number of carbonyl (C=O) groups excluding carboxylic acids is 1. The molecule has 1 aliphatic heterocycles. The summed E-state index contributed by atoms with van der Waals surface area (Å²) in [6.45, 7) is 0. The normalized spacial score (nSPS) is 20.4. The fourth-order valence-electron chi connectivity index (χ4n) is 4.38. The fourth-order valence-corrected chi connectivity index (χ4v) is 4.38. The van der Waals surface area contributed by atoms with Crippen LogP contribution in [0.4, 0.5) is 5.95 Å². The van der Waals surface area contributed by atoms with E-state index >= 15 is 0 Å². The number of para-hydroxylation sites is 1. The third-order valence-corrected chi connectivity index (χ3v) is 5.76. The molecule has 2 aliphatic rings. The second-order valence-corrected chi connectivity index (χ2v) is 7.47. The molecule has 1 aliphatic carbocycles. The standard InChI is InChI=1S/C22H20N4O4/c1-30-19-10-12(6-7-17(19)28)21-20-15(25-22-23-11-24-26(21)22)8-13(9-18(20)29)14-4-2-3-5-16(14)27/h2-7,10-11,13,21,27-28H,8-9H2,1H3,(H,23,24,25)/t13-,21-/m0/s1. The van der Waals surface area contributed by atoms with Gasteiger partial charge in [-0.15, -0.1) is 0 Å².